The third-order valence-electron chi connectivity index (χ3n) is 2.71. The molecule has 0 saturated heterocycles. The van der Waals surface area contributed by atoms with Gasteiger partial charge in [-0.05, 0) is 48.9 Å². The van der Waals surface area contributed by atoms with Crippen LogP contribution in [0.15, 0.2) is 42.3 Å². The number of aryl methyl sites for hydroxylation is 1. The van der Waals surface area contributed by atoms with Crippen LogP contribution in [0.2, 0.25) is 0 Å². The van der Waals surface area contributed by atoms with Crippen LogP contribution in [0, 0.1) is 0 Å². The highest BCUT2D eigenvalue weighted by Gasteiger charge is 2.11. The largest absolute Gasteiger partial charge is 0.339 e. The van der Waals surface area contributed by atoms with E-state index >= 15 is 0 Å². The van der Waals surface area contributed by atoms with Gasteiger partial charge >= 0.3 is 11.1 Å². The van der Waals surface area contributed by atoms with E-state index in [1.807, 2.05) is 25.1 Å². The van der Waals surface area contributed by atoms with Gasteiger partial charge in [0.25, 0.3) is 0 Å². The third-order valence-corrected chi connectivity index (χ3v) is 4.37. The monoisotopic (exact) mass is 370 g/mol. The van der Waals surface area contributed by atoms with Crippen LogP contribution < -0.4 is 16.9 Å². The van der Waals surface area contributed by atoms with Crippen LogP contribution >= 0.6 is 27.7 Å². The Hall–Kier alpha value is -1.38. The molecule has 21 heavy (non-hydrogen) atoms. The average Bonchev–Trinajstić information content (AvgIpc) is 2.38. The zero-order valence-electron chi connectivity index (χ0n) is 11.6. The molecule has 112 valence electrons. The van der Waals surface area contributed by atoms with Gasteiger partial charge in [-0.1, -0.05) is 15.9 Å². The number of nitrogens with one attached hydrogen (secondary N) is 1. The molecule has 0 saturated carbocycles. The summed E-state index contributed by atoms with van der Waals surface area (Å²) in [5.74, 6) is 0. The predicted molar refractivity (Wildman–Crippen MR) is 85.7 cm³/mol. The Bertz CT molecular complexity index is 769. The topological polar surface area (TPSA) is 93.8 Å². The summed E-state index contributed by atoms with van der Waals surface area (Å²) in [6.07, 6.45) is 0.707. The summed E-state index contributed by atoms with van der Waals surface area (Å²) < 4.78 is 2.40. The number of rotatable bonds is 4. The minimum Gasteiger partial charge on any atom is -0.328 e. The first kappa shape index (κ1) is 16.0. The van der Waals surface area contributed by atoms with Crippen molar-refractivity contribution in [2.24, 2.45) is 12.8 Å². The molecule has 6 nitrogen and oxygen atoms in total. The molecule has 1 atom stereocenters. The molecule has 3 N–H and O–H groups in total. The summed E-state index contributed by atoms with van der Waals surface area (Å²) in [5.41, 5.74) is 5.41. The lowest BCUT2D eigenvalue weighted by Crippen LogP contribution is -2.33. The smallest absolute Gasteiger partial charge is 0.328 e. The predicted octanol–water partition coefficient (Wildman–Crippen LogP) is 1.27. The van der Waals surface area contributed by atoms with E-state index in [4.69, 9.17) is 5.73 Å². The molecule has 0 radical (unpaired) electrons. The SMILES string of the molecule is CC(N)Cc1cc(Br)ccc1Sc1nc(=O)c(=O)[nH]n1C. The van der Waals surface area contributed by atoms with E-state index in [9.17, 15) is 9.59 Å². The van der Waals surface area contributed by atoms with Crippen LogP contribution in [0.4, 0.5) is 0 Å². The van der Waals surface area contributed by atoms with E-state index in [2.05, 4.69) is 26.0 Å². The van der Waals surface area contributed by atoms with E-state index in [0.29, 0.717) is 11.6 Å². The minimum atomic E-state index is -0.790. The van der Waals surface area contributed by atoms with Gasteiger partial charge in [0.2, 0.25) is 0 Å². The van der Waals surface area contributed by atoms with Gasteiger partial charge in [0, 0.05) is 22.5 Å². The molecule has 0 fully saturated rings. The summed E-state index contributed by atoms with van der Waals surface area (Å²) in [6, 6.07) is 5.86. The van der Waals surface area contributed by atoms with E-state index in [1.165, 1.54) is 16.4 Å². The zero-order valence-corrected chi connectivity index (χ0v) is 14.0. The van der Waals surface area contributed by atoms with Gasteiger partial charge in [-0.25, -0.2) is 0 Å². The Labute approximate surface area is 133 Å². The van der Waals surface area contributed by atoms with Crippen LogP contribution in [0.5, 0.6) is 0 Å². The average molecular weight is 371 g/mol. The van der Waals surface area contributed by atoms with E-state index in [0.717, 1.165) is 14.9 Å². The molecule has 1 unspecified atom stereocenters. The highest BCUT2D eigenvalue weighted by atomic mass is 79.9. The van der Waals surface area contributed by atoms with Crippen molar-refractivity contribution >= 4 is 27.7 Å². The summed E-state index contributed by atoms with van der Waals surface area (Å²) in [5, 5.41) is 2.85. The number of hydrogen-bond acceptors (Lipinski definition) is 5. The quantitative estimate of drug-likeness (QED) is 0.790. The Morgan fingerprint density at radius 1 is 1.48 bits per heavy atom. The van der Waals surface area contributed by atoms with Gasteiger partial charge < -0.3 is 5.73 Å². The second-order valence-electron chi connectivity index (χ2n) is 4.73. The van der Waals surface area contributed by atoms with Crippen molar-refractivity contribution in [1.29, 1.82) is 0 Å². The molecule has 0 bridgehead atoms. The number of halogens is 1. The van der Waals surface area contributed by atoms with Gasteiger partial charge in [0.15, 0.2) is 5.16 Å². The van der Waals surface area contributed by atoms with Gasteiger partial charge in [-0.15, -0.1) is 0 Å². The third kappa shape index (κ3) is 4.05. The second-order valence-corrected chi connectivity index (χ2v) is 6.66. The summed E-state index contributed by atoms with van der Waals surface area (Å²) in [4.78, 5) is 27.4. The van der Waals surface area contributed by atoms with Gasteiger partial charge in [0.05, 0.1) is 0 Å². The van der Waals surface area contributed by atoms with Gasteiger partial charge in [0.1, 0.15) is 0 Å². The van der Waals surface area contributed by atoms with E-state index in [1.54, 1.807) is 7.05 Å². The molecule has 2 aromatic rings. The van der Waals surface area contributed by atoms with Crippen LogP contribution in [-0.4, -0.2) is 20.8 Å². The van der Waals surface area contributed by atoms with Crippen LogP contribution in [0.3, 0.4) is 0 Å². The molecular formula is C13H15BrN4O2S. The first-order valence-corrected chi connectivity index (χ1v) is 7.87. The highest BCUT2D eigenvalue weighted by Crippen LogP contribution is 2.30. The molecule has 0 amide bonds. The molecule has 1 aromatic heterocycles. The number of aromatic amines is 1. The van der Waals surface area contributed by atoms with Crippen molar-refractivity contribution in [3.05, 3.63) is 48.9 Å². The maximum Gasteiger partial charge on any atom is 0.339 e. The molecule has 8 heteroatoms. The number of aromatic nitrogens is 3. The molecule has 0 aliphatic carbocycles. The van der Waals surface area contributed by atoms with Crippen LogP contribution in [0.25, 0.3) is 0 Å². The van der Waals surface area contributed by atoms with Gasteiger partial charge in [-0.2, -0.15) is 4.98 Å². The zero-order chi connectivity index (χ0) is 15.6. The lowest BCUT2D eigenvalue weighted by Gasteiger charge is -2.12. The van der Waals surface area contributed by atoms with E-state index < -0.39 is 11.1 Å². The lowest BCUT2D eigenvalue weighted by atomic mass is 10.1. The number of benzene rings is 1. The molecule has 0 spiro atoms. The fraction of sp³-hybridized carbons (Fsp3) is 0.308. The Balaban J connectivity index is 2.42. The Kier molecular flexibility index (Phi) is 5.02. The van der Waals surface area contributed by atoms with Crippen molar-refractivity contribution in [2.75, 3.05) is 0 Å². The maximum absolute atomic E-state index is 11.4. The Morgan fingerprint density at radius 3 is 2.86 bits per heavy atom. The van der Waals surface area contributed by atoms with Gasteiger partial charge in [-0.3, -0.25) is 19.4 Å². The molecule has 1 aromatic carbocycles. The normalized spacial score (nSPS) is 12.4. The first-order chi connectivity index (χ1) is 9.86. The Morgan fingerprint density at radius 2 is 2.19 bits per heavy atom. The van der Waals surface area contributed by atoms with Crippen LogP contribution in [-0.2, 0) is 13.5 Å². The van der Waals surface area contributed by atoms with Crippen molar-refractivity contribution in [1.82, 2.24) is 14.8 Å². The number of nitrogens with two attached hydrogens (primary N) is 1. The number of nitrogens with zero attached hydrogens (tertiary/aromatic N) is 2. The fourth-order valence-electron chi connectivity index (χ4n) is 1.80. The lowest BCUT2D eigenvalue weighted by molar-refractivity contribution is 0.596. The first-order valence-electron chi connectivity index (χ1n) is 6.26. The number of H-pyrrole nitrogens is 1. The minimum absolute atomic E-state index is 0.0195. The number of hydrogen-bond donors (Lipinski definition) is 2. The fourth-order valence-corrected chi connectivity index (χ4v) is 3.13. The second kappa shape index (κ2) is 6.59. The van der Waals surface area contributed by atoms with Crippen molar-refractivity contribution in [2.45, 2.75) is 29.4 Å². The summed E-state index contributed by atoms with van der Waals surface area (Å²) >= 11 is 4.76. The van der Waals surface area contributed by atoms with Crippen molar-refractivity contribution in [3.63, 3.8) is 0 Å². The molecule has 1 heterocycles. The standard InChI is InChI=1S/C13H15BrN4O2S/c1-7(15)5-8-6-9(14)3-4-10(8)21-13-16-11(19)12(20)17-18(13)2/h3-4,6-7H,5,15H2,1-2H3,(H,17,20). The van der Waals surface area contributed by atoms with Crippen molar-refractivity contribution < 1.29 is 0 Å². The summed E-state index contributed by atoms with van der Waals surface area (Å²) in [6.45, 7) is 1.93. The highest BCUT2D eigenvalue weighted by molar-refractivity contribution is 9.10. The maximum atomic E-state index is 11.4. The van der Waals surface area contributed by atoms with Crippen LogP contribution in [0.1, 0.15) is 12.5 Å². The van der Waals surface area contributed by atoms with E-state index in [-0.39, 0.29) is 6.04 Å². The summed E-state index contributed by atoms with van der Waals surface area (Å²) in [7, 11) is 1.64. The molecule has 0 aliphatic rings. The molecule has 0 aliphatic heterocycles. The molecule has 2 rings (SSSR count). The van der Waals surface area contributed by atoms with Crippen molar-refractivity contribution in [3.8, 4) is 0 Å². The molecular weight excluding hydrogens is 356 g/mol.